The Bertz CT molecular complexity index is 709. The monoisotopic (exact) mass is 383 g/mol. The molecule has 0 unspecified atom stereocenters. The molecule has 0 radical (unpaired) electrons. The van der Waals surface area contributed by atoms with Crippen LogP contribution in [-0.4, -0.2) is 71.0 Å². The molecule has 6 heteroatoms. The lowest BCUT2D eigenvalue weighted by Crippen LogP contribution is -2.51. The van der Waals surface area contributed by atoms with Crippen molar-refractivity contribution in [2.45, 2.75) is 63.8 Å². The number of aromatic nitrogens is 2. The summed E-state index contributed by atoms with van der Waals surface area (Å²) >= 11 is 0. The third kappa shape index (κ3) is 3.51. The van der Waals surface area contributed by atoms with E-state index >= 15 is 0 Å². The van der Waals surface area contributed by atoms with Gasteiger partial charge in [-0.3, -0.25) is 9.69 Å². The van der Waals surface area contributed by atoms with Crippen LogP contribution in [0.3, 0.4) is 0 Å². The maximum absolute atomic E-state index is 12.9. The summed E-state index contributed by atoms with van der Waals surface area (Å²) in [6, 6.07) is 0.625. The molecule has 0 saturated carbocycles. The van der Waals surface area contributed by atoms with Gasteiger partial charge in [-0.2, -0.15) is 0 Å². The molecule has 0 N–H and O–H groups in total. The minimum Gasteiger partial charge on any atom is -0.356 e. The first kappa shape index (κ1) is 18.3. The maximum Gasteiger partial charge on any atom is 0.226 e. The van der Waals surface area contributed by atoms with Crippen LogP contribution in [0.2, 0.25) is 0 Å². The topological polar surface area (TPSA) is 52.6 Å². The van der Waals surface area contributed by atoms with Gasteiger partial charge in [0, 0.05) is 50.0 Å². The van der Waals surface area contributed by atoms with Crippen LogP contribution in [0.5, 0.6) is 0 Å². The van der Waals surface area contributed by atoms with Crippen molar-refractivity contribution in [1.29, 1.82) is 0 Å². The summed E-state index contributed by atoms with van der Waals surface area (Å²) in [5.74, 6) is 1.85. The fraction of sp³-hybridized carbons (Fsp3) is 0.773. The number of hydrogen-bond acceptors (Lipinski definition) is 5. The molecule has 1 aromatic rings. The zero-order chi connectivity index (χ0) is 18.9. The molecule has 1 atom stereocenters. The zero-order valence-corrected chi connectivity index (χ0v) is 17.0. The highest BCUT2D eigenvalue weighted by Crippen LogP contribution is 2.31. The molecule has 6 nitrogen and oxygen atoms in total. The van der Waals surface area contributed by atoms with Crippen molar-refractivity contribution in [2.75, 3.05) is 44.2 Å². The van der Waals surface area contributed by atoms with Crippen molar-refractivity contribution in [3.63, 3.8) is 0 Å². The number of carbonyl (C=O) groups excluding carboxylic acids is 1. The Hall–Kier alpha value is -1.69. The zero-order valence-electron chi connectivity index (χ0n) is 17.0. The van der Waals surface area contributed by atoms with Gasteiger partial charge in [-0.15, -0.1) is 0 Å². The van der Waals surface area contributed by atoms with E-state index in [1.54, 1.807) is 6.33 Å². The summed E-state index contributed by atoms with van der Waals surface area (Å²) in [6.07, 6.45) is 12.2. The number of rotatable bonds is 3. The molecule has 4 aliphatic rings. The largest absolute Gasteiger partial charge is 0.356 e. The highest BCUT2D eigenvalue weighted by atomic mass is 16.2. The van der Waals surface area contributed by atoms with Gasteiger partial charge in [0.05, 0.1) is 5.92 Å². The molecule has 4 heterocycles. The highest BCUT2D eigenvalue weighted by Gasteiger charge is 2.34. The van der Waals surface area contributed by atoms with E-state index in [0.29, 0.717) is 11.9 Å². The van der Waals surface area contributed by atoms with E-state index < -0.39 is 0 Å². The van der Waals surface area contributed by atoms with Crippen molar-refractivity contribution in [1.82, 2.24) is 19.8 Å². The van der Waals surface area contributed by atoms with Crippen LogP contribution in [-0.2, 0) is 17.6 Å². The molecule has 5 rings (SSSR count). The van der Waals surface area contributed by atoms with Gasteiger partial charge in [0.15, 0.2) is 0 Å². The summed E-state index contributed by atoms with van der Waals surface area (Å²) in [6.45, 7) is 6.26. The quantitative estimate of drug-likeness (QED) is 0.801. The van der Waals surface area contributed by atoms with Gasteiger partial charge in [-0.25, -0.2) is 9.97 Å². The highest BCUT2D eigenvalue weighted by molar-refractivity contribution is 5.79. The molecular weight excluding hydrogens is 350 g/mol. The van der Waals surface area contributed by atoms with Crippen molar-refractivity contribution >= 4 is 11.7 Å². The molecule has 0 bridgehead atoms. The third-order valence-corrected chi connectivity index (χ3v) is 7.35. The summed E-state index contributed by atoms with van der Waals surface area (Å²) in [4.78, 5) is 29.2. The first-order chi connectivity index (χ1) is 13.8. The molecule has 1 aromatic heterocycles. The number of likely N-dealkylation sites (tertiary alicyclic amines) is 2. The average molecular weight is 384 g/mol. The predicted molar refractivity (Wildman–Crippen MR) is 109 cm³/mol. The number of amides is 1. The number of aryl methyl sites for hydroxylation is 1. The van der Waals surface area contributed by atoms with Gasteiger partial charge in [0.2, 0.25) is 5.91 Å². The van der Waals surface area contributed by atoms with Crippen LogP contribution >= 0.6 is 0 Å². The van der Waals surface area contributed by atoms with E-state index in [1.807, 2.05) is 0 Å². The number of fused-ring (bicyclic) bond motifs is 1. The standard InChI is InChI=1S/C22H33N5O/c28-22(26-10-1-2-11-26)17-5-4-12-27(15-17)18-8-13-25(14-9-18)21-19-6-3-7-20(19)23-16-24-21/h16-18H,1-15H2/t17-/m0/s1. The lowest BCUT2D eigenvalue weighted by molar-refractivity contribution is -0.136. The van der Waals surface area contributed by atoms with E-state index in [-0.39, 0.29) is 5.92 Å². The van der Waals surface area contributed by atoms with E-state index in [4.69, 9.17) is 0 Å². The molecule has 3 fully saturated rings. The van der Waals surface area contributed by atoms with Gasteiger partial charge >= 0.3 is 0 Å². The van der Waals surface area contributed by atoms with Gasteiger partial charge < -0.3 is 9.80 Å². The number of carbonyl (C=O) groups is 1. The number of hydrogen-bond donors (Lipinski definition) is 0. The molecule has 152 valence electrons. The van der Waals surface area contributed by atoms with Gasteiger partial charge in [0.25, 0.3) is 0 Å². The SMILES string of the molecule is O=C([C@H]1CCCN(C2CCN(c3ncnc4c3CCC4)CC2)C1)N1CCCC1. The minimum atomic E-state index is 0.231. The number of nitrogens with zero attached hydrogens (tertiary/aromatic N) is 5. The second kappa shape index (κ2) is 7.97. The molecule has 1 amide bonds. The molecule has 3 saturated heterocycles. The van der Waals surface area contributed by atoms with E-state index in [0.717, 1.165) is 58.5 Å². The van der Waals surface area contributed by atoms with Crippen LogP contribution in [0.15, 0.2) is 6.33 Å². The summed E-state index contributed by atoms with van der Waals surface area (Å²) in [5, 5.41) is 0. The van der Waals surface area contributed by atoms with Crippen molar-refractivity contribution < 1.29 is 4.79 Å². The second-order valence-electron chi connectivity index (χ2n) is 9.06. The molecule has 3 aliphatic heterocycles. The smallest absolute Gasteiger partial charge is 0.226 e. The van der Waals surface area contributed by atoms with Gasteiger partial charge in [-0.05, 0) is 64.3 Å². The fourth-order valence-corrected chi connectivity index (χ4v) is 5.79. The summed E-state index contributed by atoms with van der Waals surface area (Å²) in [5.41, 5.74) is 2.67. The number of piperidine rings is 2. The van der Waals surface area contributed by atoms with Gasteiger partial charge in [-0.1, -0.05) is 0 Å². The third-order valence-electron chi connectivity index (χ3n) is 7.35. The fourth-order valence-electron chi connectivity index (χ4n) is 5.79. The Morgan fingerprint density at radius 2 is 1.71 bits per heavy atom. The van der Waals surface area contributed by atoms with Crippen LogP contribution in [0.25, 0.3) is 0 Å². The first-order valence-electron chi connectivity index (χ1n) is 11.4. The Balaban J connectivity index is 1.19. The van der Waals surface area contributed by atoms with E-state index in [9.17, 15) is 4.79 Å². The minimum absolute atomic E-state index is 0.231. The Morgan fingerprint density at radius 3 is 2.54 bits per heavy atom. The second-order valence-corrected chi connectivity index (χ2v) is 9.06. The van der Waals surface area contributed by atoms with Crippen LogP contribution in [0.4, 0.5) is 5.82 Å². The summed E-state index contributed by atoms with van der Waals surface area (Å²) < 4.78 is 0. The summed E-state index contributed by atoms with van der Waals surface area (Å²) in [7, 11) is 0. The molecule has 0 aromatic carbocycles. The predicted octanol–water partition coefficient (Wildman–Crippen LogP) is 2.27. The van der Waals surface area contributed by atoms with E-state index in [1.165, 1.54) is 55.6 Å². The van der Waals surface area contributed by atoms with Crippen molar-refractivity contribution in [3.8, 4) is 0 Å². The van der Waals surface area contributed by atoms with Crippen LogP contribution in [0.1, 0.15) is 56.2 Å². The molecule has 28 heavy (non-hydrogen) atoms. The van der Waals surface area contributed by atoms with Crippen molar-refractivity contribution in [2.24, 2.45) is 5.92 Å². The molecule has 0 spiro atoms. The average Bonchev–Trinajstić information content (AvgIpc) is 3.45. The van der Waals surface area contributed by atoms with Crippen LogP contribution in [0, 0.1) is 5.92 Å². The van der Waals surface area contributed by atoms with Crippen LogP contribution < -0.4 is 4.90 Å². The number of anilines is 1. The molecule has 1 aliphatic carbocycles. The lowest BCUT2D eigenvalue weighted by Gasteiger charge is -2.43. The Kier molecular flexibility index (Phi) is 5.22. The Morgan fingerprint density at radius 1 is 0.893 bits per heavy atom. The lowest BCUT2D eigenvalue weighted by atomic mass is 9.93. The van der Waals surface area contributed by atoms with Crippen molar-refractivity contribution in [3.05, 3.63) is 17.6 Å². The normalized spacial score (nSPS) is 26.6. The van der Waals surface area contributed by atoms with Gasteiger partial charge in [0.1, 0.15) is 12.1 Å². The van der Waals surface area contributed by atoms with E-state index in [2.05, 4.69) is 24.7 Å². The first-order valence-corrected chi connectivity index (χ1v) is 11.4. The maximum atomic E-state index is 12.9. The molecular formula is C22H33N5O. The Labute approximate surface area is 168 Å².